The Balaban J connectivity index is 1.71. The summed E-state index contributed by atoms with van der Waals surface area (Å²) in [6.45, 7) is 3.49. The zero-order valence-electron chi connectivity index (χ0n) is 12.7. The van der Waals surface area contributed by atoms with Gasteiger partial charge in [0.05, 0.1) is 20.4 Å². The highest BCUT2D eigenvalue weighted by Gasteiger charge is 2.19. The number of nitrogens with one attached hydrogen (secondary N) is 1. The van der Waals surface area contributed by atoms with E-state index in [2.05, 4.69) is 15.5 Å². The van der Waals surface area contributed by atoms with Crippen LogP contribution < -0.4 is 5.32 Å². The highest BCUT2D eigenvalue weighted by atomic mass is 32.2. The molecule has 24 heavy (non-hydrogen) atoms. The van der Waals surface area contributed by atoms with Crippen molar-refractivity contribution < 1.29 is 14.2 Å². The Morgan fingerprint density at radius 2 is 2.25 bits per heavy atom. The van der Waals surface area contributed by atoms with Crippen LogP contribution in [0.1, 0.15) is 12.7 Å². The molecule has 0 radical (unpaired) electrons. The first kappa shape index (κ1) is 16.4. The van der Waals surface area contributed by atoms with Gasteiger partial charge >= 0.3 is 0 Å². The number of benzene rings is 1. The van der Waals surface area contributed by atoms with Crippen molar-refractivity contribution in [2.45, 2.75) is 23.4 Å². The van der Waals surface area contributed by atoms with Gasteiger partial charge in [0.15, 0.2) is 10.2 Å². The second kappa shape index (κ2) is 6.57. The number of aryl methyl sites for hydroxylation is 1. The van der Waals surface area contributed by atoms with Crippen molar-refractivity contribution in [1.29, 1.82) is 0 Å². The fourth-order valence-corrected chi connectivity index (χ4v) is 4.16. The molecule has 2 heterocycles. The van der Waals surface area contributed by atoms with Crippen LogP contribution in [0.3, 0.4) is 0 Å². The lowest BCUT2D eigenvalue weighted by molar-refractivity contribution is -0.384. The molecule has 0 saturated heterocycles. The normalized spacial score (nSPS) is 12.2. The molecule has 2 aromatic heterocycles. The van der Waals surface area contributed by atoms with E-state index in [1.54, 1.807) is 26.0 Å². The highest BCUT2D eigenvalue weighted by Crippen LogP contribution is 2.34. The zero-order chi connectivity index (χ0) is 17.3. The van der Waals surface area contributed by atoms with Crippen LogP contribution in [0.4, 0.5) is 11.5 Å². The average Bonchev–Trinajstić information content (AvgIpc) is 3.11. The maximum atomic E-state index is 12.2. The molecule has 124 valence electrons. The van der Waals surface area contributed by atoms with Crippen molar-refractivity contribution in [2.24, 2.45) is 0 Å². The summed E-state index contributed by atoms with van der Waals surface area (Å²) >= 11 is 2.60. The number of carbonyl (C=O) groups excluding carboxylic acids is 1. The van der Waals surface area contributed by atoms with E-state index in [1.165, 1.54) is 35.2 Å². The second-order valence-corrected chi connectivity index (χ2v) is 7.58. The first-order valence-electron chi connectivity index (χ1n) is 6.88. The van der Waals surface area contributed by atoms with E-state index in [0.717, 1.165) is 0 Å². The number of thiazole rings is 1. The van der Waals surface area contributed by atoms with E-state index in [4.69, 9.17) is 4.52 Å². The predicted molar refractivity (Wildman–Crippen MR) is 91.5 cm³/mol. The summed E-state index contributed by atoms with van der Waals surface area (Å²) in [6, 6.07) is 6.14. The fourth-order valence-electron chi connectivity index (χ4n) is 1.91. The first-order valence-corrected chi connectivity index (χ1v) is 8.58. The minimum absolute atomic E-state index is 0.0230. The number of hydrogen-bond donors (Lipinski definition) is 1. The number of non-ortho nitro benzene ring substituents is 1. The molecule has 0 aliphatic heterocycles. The standard InChI is InChI=1S/C14H12N4O4S2/c1-7-5-12(17-22-7)16-13(19)8(2)23-14-15-10-4-3-9(18(20)21)6-11(10)24-14/h3-6,8H,1-2H3,(H,16,17,19)/t8-/m1/s1. The largest absolute Gasteiger partial charge is 0.360 e. The Labute approximate surface area is 144 Å². The molecule has 3 aromatic rings. The van der Waals surface area contributed by atoms with Crippen molar-refractivity contribution >= 4 is 50.7 Å². The van der Waals surface area contributed by atoms with Crippen LogP contribution in [0, 0.1) is 17.0 Å². The van der Waals surface area contributed by atoms with Crippen LogP contribution >= 0.6 is 23.1 Å². The minimum Gasteiger partial charge on any atom is -0.360 e. The number of hydrogen-bond acceptors (Lipinski definition) is 8. The number of anilines is 1. The molecular formula is C14H12N4O4S2. The van der Waals surface area contributed by atoms with Crippen molar-refractivity contribution in [3.8, 4) is 0 Å². The van der Waals surface area contributed by atoms with E-state index >= 15 is 0 Å². The number of rotatable bonds is 5. The molecule has 1 amide bonds. The minimum atomic E-state index is -0.443. The van der Waals surface area contributed by atoms with Gasteiger partial charge in [-0.25, -0.2) is 4.98 Å². The van der Waals surface area contributed by atoms with Crippen LogP contribution in [0.25, 0.3) is 10.2 Å². The van der Waals surface area contributed by atoms with E-state index in [9.17, 15) is 14.9 Å². The van der Waals surface area contributed by atoms with Crippen LogP contribution in [0.15, 0.2) is 33.1 Å². The zero-order valence-corrected chi connectivity index (χ0v) is 14.3. The molecule has 1 aromatic carbocycles. The predicted octanol–water partition coefficient (Wildman–Crippen LogP) is 3.62. The van der Waals surface area contributed by atoms with Crippen LogP contribution in [0.2, 0.25) is 0 Å². The number of amides is 1. The molecule has 0 unspecified atom stereocenters. The number of fused-ring (bicyclic) bond motifs is 1. The molecule has 0 fully saturated rings. The van der Waals surface area contributed by atoms with E-state index in [1.807, 2.05) is 0 Å². The summed E-state index contributed by atoms with van der Waals surface area (Å²) in [7, 11) is 0. The van der Waals surface area contributed by atoms with Crippen LogP contribution in [-0.2, 0) is 4.79 Å². The molecule has 3 rings (SSSR count). The van der Waals surface area contributed by atoms with Crippen LogP contribution in [-0.4, -0.2) is 26.2 Å². The lowest BCUT2D eigenvalue weighted by atomic mass is 10.3. The van der Waals surface area contributed by atoms with E-state index in [0.29, 0.717) is 26.1 Å². The van der Waals surface area contributed by atoms with Gasteiger partial charge in [-0.2, -0.15) is 0 Å². The second-order valence-electron chi connectivity index (χ2n) is 4.96. The summed E-state index contributed by atoms with van der Waals surface area (Å²) in [4.78, 5) is 26.9. The topological polar surface area (TPSA) is 111 Å². The number of carbonyl (C=O) groups is 1. The molecule has 0 saturated carbocycles. The molecule has 10 heteroatoms. The van der Waals surface area contributed by atoms with Crippen molar-refractivity contribution in [1.82, 2.24) is 10.1 Å². The number of thioether (sulfide) groups is 1. The van der Waals surface area contributed by atoms with Gasteiger partial charge in [0.2, 0.25) is 5.91 Å². The van der Waals surface area contributed by atoms with Crippen molar-refractivity contribution in [3.05, 3.63) is 40.1 Å². The molecule has 0 aliphatic carbocycles. The van der Waals surface area contributed by atoms with E-state index in [-0.39, 0.29) is 11.6 Å². The summed E-state index contributed by atoms with van der Waals surface area (Å²) in [6.07, 6.45) is 0. The number of nitro benzene ring substituents is 1. The maximum Gasteiger partial charge on any atom is 0.270 e. The summed E-state index contributed by atoms with van der Waals surface area (Å²) in [5.41, 5.74) is 0.697. The third kappa shape index (κ3) is 3.54. The van der Waals surface area contributed by atoms with Gasteiger partial charge in [-0.1, -0.05) is 16.9 Å². The lowest BCUT2D eigenvalue weighted by Gasteiger charge is -2.07. The third-order valence-corrected chi connectivity index (χ3v) is 5.30. The Kier molecular flexibility index (Phi) is 4.49. The quantitative estimate of drug-likeness (QED) is 0.418. The third-order valence-electron chi connectivity index (χ3n) is 3.09. The van der Waals surface area contributed by atoms with Gasteiger partial charge in [-0.15, -0.1) is 11.3 Å². The molecule has 1 atom stereocenters. The summed E-state index contributed by atoms with van der Waals surface area (Å²) in [5.74, 6) is 0.752. The van der Waals surface area contributed by atoms with Gasteiger partial charge in [-0.3, -0.25) is 14.9 Å². The van der Waals surface area contributed by atoms with Crippen molar-refractivity contribution in [2.75, 3.05) is 5.32 Å². The fraction of sp³-hybridized carbons (Fsp3) is 0.214. The number of nitrogens with zero attached hydrogens (tertiary/aromatic N) is 3. The summed E-state index contributed by atoms with van der Waals surface area (Å²) < 4.78 is 6.28. The Hall–Kier alpha value is -2.46. The van der Waals surface area contributed by atoms with Gasteiger partial charge < -0.3 is 9.84 Å². The Morgan fingerprint density at radius 3 is 2.92 bits per heavy atom. The Bertz CT molecular complexity index is 921. The van der Waals surface area contributed by atoms with Crippen molar-refractivity contribution in [3.63, 3.8) is 0 Å². The van der Waals surface area contributed by atoms with Gasteiger partial charge in [0.1, 0.15) is 5.76 Å². The molecular weight excluding hydrogens is 352 g/mol. The average molecular weight is 364 g/mol. The van der Waals surface area contributed by atoms with Gasteiger partial charge in [0.25, 0.3) is 5.69 Å². The molecule has 0 bridgehead atoms. The van der Waals surface area contributed by atoms with Gasteiger partial charge in [-0.05, 0) is 19.9 Å². The molecule has 0 spiro atoms. The SMILES string of the molecule is Cc1cc(NC(=O)[C@@H](C)Sc2nc3ccc([N+](=O)[O-])cc3s2)no1. The number of aromatic nitrogens is 2. The monoisotopic (exact) mass is 364 g/mol. The lowest BCUT2D eigenvalue weighted by Crippen LogP contribution is -2.22. The summed E-state index contributed by atoms with van der Waals surface area (Å²) in [5, 5.41) is 16.8. The maximum absolute atomic E-state index is 12.2. The Morgan fingerprint density at radius 1 is 1.46 bits per heavy atom. The number of nitro groups is 1. The smallest absolute Gasteiger partial charge is 0.270 e. The molecule has 1 N–H and O–H groups in total. The van der Waals surface area contributed by atoms with Gasteiger partial charge in [0, 0.05) is 18.2 Å². The molecule has 0 aliphatic rings. The van der Waals surface area contributed by atoms with Crippen LogP contribution in [0.5, 0.6) is 0 Å². The van der Waals surface area contributed by atoms with E-state index < -0.39 is 10.2 Å². The molecule has 8 nitrogen and oxygen atoms in total. The highest BCUT2D eigenvalue weighted by molar-refractivity contribution is 8.02. The first-order chi connectivity index (χ1) is 11.4.